The molecule has 0 radical (unpaired) electrons. The SMILES string of the molecule is C=C(C)COCCNC1CCC(CC)CC1. The second-order valence-corrected chi connectivity index (χ2v) is 5.09. The van der Waals surface area contributed by atoms with Crippen molar-refractivity contribution in [3.63, 3.8) is 0 Å². The van der Waals surface area contributed by atoms with Crippen molar-refractivity contribution in [1.29, 1.82) is 0 Å². The summed E-state index contributed by atoms with van der Waals surface area (Å²) >= 11 is 0. The Morgan fingerprint density at radius 3 is 2.56 bits per heavy atom. The quantitative estimate of drug-likeness (QED) is 0.531. The Morgan fingerprint density at radius 2 is 2.00 bits per heavy atom. The molecule has 1 fully saturated rings. The minimum atomic E-state index is 0.699. The van der Waals surface area contributed by atoms with Gasteiger partial charge in [-0.2, -0.15) is 0 Å². The molecular weight excluding hydrogens is 198 g/mol. The predicted octanol–water partition coefficient (Wildman–Crippen LogP) is 3.14. The minimum Gasteiger partial charge on any atom is -0.376 e. The zero-order valence-electron chi connectivity index (χ0n) is 10.9. The highest BCUT2D eigenvalue weighted by Gasteiger charge is 2.18. The summed E-state index contributed by atoms with van der Waals surface area (Å²) in [6.45, 7) is 10.6. The Balaban J connectivity index is 1.96. The van der Waals surface area contributed by atoms with Crippen LogP contribution in [-0.2, 0) is 4.74 Å². The first kappa shape index (κ1) is 13.7. The van der Waals surface area contributed by atoms with Crippen LogP contribution in [0.25, 0.3) is 0 Å². The molecule has 16 heavy (non-hydrogen) atoms. The van der Waals surface area contributed by atoms with Gasteiger partial charge in [0.2, 0.25) is 0 Å². The summed E-state index contributed by atoms with van der Waals surface area (Å²) < 4.78 is 5.47. The number of hydrogen-bond acceptors (Lipinski definition) is 2. The van der Waals surface area contributed by atoms with Crippen LogP contribution in [-0.4, -0.2) is 25.8 Å². The van der Waals surface area contributed by atoms with E-state index in [2.05, 4.69) is 18.8 Å². The maximum atomic E-state index is 5.47. The molecule has 0 aromatic carbocycles. The lowest BCUT2D eigenvalue weighted by Gasteiger charge is -2.28. The van der Waals surface area contributed by atoms with Gasteiger partial charge < -0.3 is 10.1 Å². The van der Waals surface area contributed by atoms with Crippen LogP contribution in [0.1, 0.15) is 46.0 Å². The zero-order valence-corrected chi connectivity index (χ0v) is 10.9. The second kappa shape index (κ2) is 7.86. The monoisotopic (exact) mass is 225 g/mol. The summed E-state index contributed by atoms with van der Waals surface area (Å²) in [7, 11) is 0. The highest BCUT2D eigenvalue weighted by Crippen LogP contribution is 2.26. The summed E-state index contributed by atoms with van der Waals surface area (Å²) in [6.07, 6.45) is 6.86. The molecule has 2 nitrogen and oxygen atoms in total. The lowest BCUT2D eigenvalue weighted by Crippen LogP contribution is -2.35. The van der Waals surface area contributed by atoms with Crippen LogP contribution in [0.3, 0.4) is 0 Å². The molecule has 0 aromatic rings. The summed E-state index contributed by atoms with van der Waals surface area (Å²) in [5, 5.41) is 3.59. The molecule has 1 N–H and O–H groups in total. The van der Waals surface area contributed by atoms with Gasteiger partial charge in [-0.25, -0.2) is 0 Å². The van der Waals surface area contributed by atoms with Gasteiger partial charge in [0, 0.05) is 12.6 Å². The van der Waals surface area contributed by atoms with Crippen molar-refractivity contribution in [2.75, 3.05) is 19.8 Å². The molecule has 1 aliphatic rings. The van der Waals surface area contributed by atoms with Crippen LogP contribution in [0.2, 0.25) is 0 Å². The normalized spacial score (nSPS) is 25.6. The van der Waals surface area contributed by atoms with Crippen molar-refractivity contribution in [2.45, 2.75) is 52.0 Å². The van der Waals surface area contributed by atoms with Crippen LogP contribution in [0.15, 0.2) is 12.2 Å². The first-order chi connectivity index (χ1) is 7.72. The summed E-state index contributed by atoms with van der Waals surface area (Å²) in [6, 6.07) is 0.733. The van der Waals surface area contributed by atoms with E-state index in [1.54, 1.807) is 0 Å². The van der Waals surface area contributed by atoms with E-state index in [4.69, 9.17) is 4.74 Å². The first-order valence-corrected chi connectivity index (χ1v) is 6.68. The van der Waals surface area contributed by atoms with Gasteiger partial charge in [-0.3, -0.25) is 0 Å². The molecule has 0 bridgehead atoms. The van der Waals surface area contributed by atoms with Crippen LogP contribution in [0.4, 0.5) is 0 Å². The molecule has 1 aliphatic carbocycles. The van der Waals surface area contributed by atoms with Crippen LogP contribution < -0.4 is 5.32 Å². The fourth-order valence-electron chi connectivity index (χ4n) is 2.36. The molecule has 2 heteroatoms. The van der Waals surface area contributed by atoms with Crippen molar-refractivity contribution in [3.05, 3.63) is 12.2 Å². The highest BCUT2D eigenvalue weighted by atomic mass is 16.5. The molecular formula is C14H27NO. The third-order valence-electron chi connectivity index (χ3n) is 3.45. The number of nitrogens with one attached hydrogen (secondary N) is 1. The van der Waals surface area contributed by atoms with Crippen LogP contribution >= 0.6 is 0 Å². The standard InChI is InChI=1S/C14H27NO/c1-4-13-5-7-14(8-6-13)15-9-10-16-11-12(2)3/h13-15H,2,4-11H2,1,3H3. The Morgan fingerprint density at radius 1 is 1.31 bits per heavy atom. The van der Waals surface area contributed by atoms with Crippen LogP contribution in [0, 0.1) is 5.92 Å². The van der Waals surface area contributed by atoms with E-state index in [9.17, 15) is 0 Å². The molecule has 1 saturated carbocycles. The van der Waals surface area contributed by atoms with Gasteiger partial charge in [-0.05, 0) is 38.5 Å². The smallest absolute Gasteiger partial charge is 0.0672 e. The van der Waals surface area contributed by atoms with E-state index in [1.165, 1.54) is 32.1 Å². The van der Waals surface area contributed by atoms with Crippen molar-refractivity contribution >= 4 is 0 Å². The highest BCUT2D eigenvalue weighted by molar-refractivity contribution is 4.87. The van der Waals surface area contributed by atoms with Gasteiger partial charge in [-0.15, -0.1) is 0 Å². The topological polar surface area (TPSA) is 21.3 Å². The zero-order chi connectivity index (χ0) is 11.8. The van der Waals surface area contributed by atoms with Crippen molar-refractivity contribution < 1.29 is 4.74 Å². The molecule has 0 saturated heterocycles. The molecule has 0 heterocycles. The first-order valence-electron chi connectivity index (χ1n) is 6.68. The molecule has 0 aliphatic heterocycles. The lowest BCUT2D eigenvalue weighted by atomic mass is 9.84. The number of ether oxygens (including phenoxy) is 1. The summed E-state index contributed by atoms with van der Waals surface area (Å²) in [5.74, 6) is 0.984. The van der Waals surface area contributed by atoms with E-state index in [0.717, 1.165) is 30.7 Å². The van der Waals surface area contributed by atoms with Gasteiger partial charge >= 0.3 is 0 Å². The van der Waals surface area contributed by atoms with Gasteiger partial charge in [0.25, 0.3) is 0 Å². The van der Waals surface area contributed by atoms with Gasteiger partial charge in [0.15, 0.2) is 0 Å². The average Bonchev–Trinajstić information content (AvgIpc) is 2.29. The minimum absolute atomic E-state index is 0.699. The maximum Gasteiger partial charge on any atom is 0.0672 e. The Kier molecular flexibility index (Phi) is 6.74. The second-order valence-electron chi connectivity index (χ2n) is 5.09. The average molecular weight is 225 g/mol. The molecule has 0 amide bonds. The summed E-state index contributed by atoms with van der Waals surface area (Å²) in [4.78, 5) is 0. The van der Waals surface area contributed by atoms with E-state index >= 15 is 0 Å². The van der Waals surface area contributed by atoms with E-state index in [-0.39, 0.29) is 0 Å². The van der Waals surface area contributed by atoms with Crippen molar-refractivity contribution in [3.8, 4) is 0 Å². The van der Waals surface area contributed by atoms with Crippen molar-refractivity contribution in [1.82, 2.24) is 5.32 Å². The van der Waals surface area contributed by atoms with Gasteiger partial charge in [0.1, 0.15) is 0 Å². The van der Waals surface area contributed by atoms with Crippen LogP contribution in [0.5, 0.6) is 0 Å². The Hall–Kier alpha value is -0.340. The third-order valence-corrected chi connectivity index (χ3v) is 3.45. The van der Waals surface area contributed by atoms with Gasteiger partial charge in [-0.1, -0.05) is 25.5 Å². The van der Waals surface area contributed by atoms with Crippen molar-refractivity contribution in [2.24, 2.45) is 5.92 Å². The number of rotatable bonds is 7. The fourth-order valence-corrected chi connectivity index (χ4v) is 2.36. The molecule has 94 valence electrons. The molecule has 0 aromatic heterocycles. The molecule has 0 spiro atoms. The molecule has 0 atom stereocenters. The Labute approximate surface area is 100 Å². The van der Waals surface area contributed by atoms with E-state index in [1.807, 2.05) is 6.92 Å². The Bertz CT molecular complexity index is 195. The predicted molar refractivity (Wildman–Crippen MR) is 69.7 cm³/mol. The van der Waals surface area contributed by atoms with Gasteiger partial charge in [0.05, 0.1) is 13.2 Å². The maximum absolute atomic E-state index is 5.47. The molecule has 1 rings (SSSR count). The van der Waals surface area contributed by atoms with E-state index in [0.29, 0.717) is 6.61 Å². The third kappa shape index (κ3) is 5.66. The largest absolute Gasteiger partial charge is 0.376 e. The van der Waals surface area contributed by atoms with E-state index < -0.39 is 0 Å². The summed E-state index contributed by atoms with van der Waals surface area (Å²) in [5.41, 5.74) is 1.10. The fraction of sp³-hybridized carbons (Fsp3) is 0.857. The molecule has 0 unspecified atom stereocenters. The lowest BCUT2D eigenvalue weighted by molar-refractivity contribution is 0.151. The number of hydrogen-bond donors (Lipinski definition) is 1.